The summed E-state index contributed by atoms with van der Waals surface area (Å²) in [7, 11) is 0. The predicted octanol–water partition coefficient (Wildman–Crippen LogP) is 4.93. The first-order valence-electron chi connectivity index (χ1n) is 10.3. The minimum atomic E-state index is -0.01000. The van der Waals surface area contributed by atoms with Crippen LogP contribution < -0.4 is 15.6 Å². The molecule has 1 N–H and O–H groups in total. The molecule has 0 unspecified atom stereocenters. The van der Waals surface area contributed by atoms with Crippen molar-refractivity contribution in [1.29, 1.82) is 0 Å². The van der Waals surface area contributed by atoms with Crippen molar-refractivity contribution < 1.29 is 9.15 Å². The molecule has 1 saturated heterocycles. The number of nitrogens with one attached hydrogen (secondary N) is 1. The van der Waals surface area contributed by atoms with Gasteiger partial charge in [-0.25, -0.2) is 0 Å². The number of rotatable bonds is 5. The van der Waals surface area contributed by atoms with Crippen LogP contribution in [0, 0.1) is 0 Å². The van der Waals surface area contributed by atoms with Crippen molar-refractivity contribution in [3.05, 3.63) is 69.9 Å². The maximum absolute atomic E-state index is 13.2. The first-order valence-corrected chi connectivity index (χ1v) is 10.3. The van der Waals surface area contributed by atoms with Crippen LogP contribution >= 0.6 is 0 Å². The number of hydrogen-bond acceptors (Lipinski definition) is 5. The van der Waals surface area contributed by atoms with Gasteiger partial charge in [-0.3, -0.25) is 4.79 Å². The molecule has 1 aliphatic rings. The molecule has 0 radical (unpaired) electrons. The molecule has 1 fully saturated rings. The lowest BCUT2D eigenvalue weighted by Gasteiger charge is -2.28. The van der Waals surface area contributed by atoms with Crippen LogP contribution in [0.4, 0.5) is 11.6 Å². The molecular weight excluding hydrogens is 364 g/mol. The van der Waals surface area contributed by atoms with Crippen LogP contribution in [0.2, 0.25) is 0 Å². The molecule has 0 amide bonds. The summed E-state index contributed by atoms with van der Waals surface area (Å²) < 4.78 is 11.8. The van der Waals surface area contributed by atoms with E-state index in [0.29, 0.717) is 30.1 Å². The van der Waals surface area contributed by atoms with E-state index >= 15 is 0 Å². The molecular formula is C24H28N2O3. The van der Waals surface area contributed by atoms with E-state index in [9.17, 15) is 4.79 Å². The summed E-state index contributed by atoms with van der Waals surface area (Å²) >= 11 is 0. The van der Waals surface area contributed by atoms with E-state index in [4.69, 9.17) is 9.15 Å². The fourth-order valence-electron chi connectivity index (χ4n) is 3.92. The first kappa shape index (κ1) is 19.5. The van der Waals surface area contributed by atoms with E-state index in [0.717, 1.165) is 29.9 Å². The third kappa shape index (κ3) is 4.01. The monoisotopic (exact) mass is 392 g/mol. The summed E-state index contributed by atoms with van der Waals surface area (Å²) in [6.45, 7) is 9.05. The number of fused-ring (bicyclic) bond motifs is 1. The second-order valence-electron chi connectivity index (χ2n) is 7.88. The average molecular weight is 392 g/mol. The van der Waals surface area contributed by atoms with Crippen LogP contribution in [0.3, 0.4) is 0 Å². The Morgan fingerprint density at radius 2 is 1.66 bits per heavy atom. The van der Waals surface area contributed by atoms with Crippen molar-refractivity contribution in [1.82, 2.24) is 0 Å². The Hall–Kier alpha value is -2.79. The largest absolute Gasteiger partial charge is 0.440 e. The molecule has 4 rings (SSSR count). The van der Waals surface area contributed by atoms with Crippen molar-refractivity contribution in [2.75, 3.05) is 36.5 Å². The molecule has 0 saturated carbocycles. The van der Waals surface area contributed by atoms with Crippen LogP contribution in [-0.4, -0.2) is 26.3 Å². The van der Waals surface area contributed by atoms with Crippen molar-refractivity contribution >= 4 is 22.5 Å². The number of morpholine rings is 1. The third-order valence-corrected chi connectivity index (χ3v) is 5.50. The third-order valence-electron chi connectivity index (χ3n) is 5.50. The maximum atomic E-state index is 13.2. The Kier molecular flexibility index (Phi) is 5.58. The second-order valence-corrected chi connectivity index (χ2v) is 7.88. The Balaban J connectivity index is 1.83. The Labute approximate surface area is 171 Å². The zero-order chi connectivity index (χ0) is 20.4. The van der Waals surface area contributed by atoms with Crippen LogP contribution in [-0.2, 0) is 4.74 Å². The van der Waals surface area contributed by atoms with Crippen LogP contribution in [0.25, 0.3) is 11.0 Å². The van der Waals surface area contributed by atoms with Gasteiger partial charge in [0.2, 0.25) is 0 Å². The van der Waals surface area contributed by atoms with E-state index in [2.05, 4.69) is 43.1 Å². The SMILES string of the molecule is CC(C)c1ccc([C@@H](C)Nc2ccccc2)c2oc(N3CCOCC3)cc(=O)c12. The van der Waals surface area contributed by atoms with Crippen LogP contribution in [0.5, 0.6) is 0 Å². The average Bonchev–Trinajstić information content (AvgIpc) is 2.74. The summed E-state index contributed by atoms with van der Waals surface area (Å²) in [5.74, 6) is 0.862. The minimum Gasteiger partial charge on any atom is -0.440 e. The zero-order valence-corrected chi connectivity index (χ0v) is 17.3. The van der Waals surface area contributed by atoms with Gasteiger partial charge in [-0.2, -0.15) is 0 Å². The van der Waals surface area contributed by atoms with Gasteiger partial charge in [-0.15, -0.1) is 0 Å². The van der Waals surface area contributed by atoms with Gasteiger partial charge in [0.1, 0.15) is 5.58 Å². The molecule has 29 heavy (non-hydrogen) atoms. The summed E-state index contributed by atoms with van der Waals surface area (Å²) in [4.78, 5) is 15.3. The Morgan fingerprint density at radius 3 is 2.34 bits per heavy atom. The standard InChI is InChI=1S/C24H28N2O3/c1-16(2)19-9-10-20(17(3)25-18-7-5-4-6-8-18)24-23(19)21(27)15-22(29-24)26-11-13-28-14-12-26/h4-10,15-17,25H,11-14H2,1-3H3/t17-/m1/s1. The second kappa shape index (κ2) is 8.29. The molecule has 0 bridgehead atoms. The van der Waals surface area contributed by atoms with E-state index in [-0.39, 0.29) is 17.4 Å². The van der Waals surface area contributed by atoms with Gasteiger partial charge in [0.05, 0.1) is 24.6 Å². The molecule has 1 aromatic heterocycles. The van der Waals surface area contributed by atoms with Gasteiger partial charge in [0, 0.05) is 30.4 Å². The van der Waals surface area contributed by atoms with Gasteiger partial charge >= 0.3 is 0 Å². The van der Waals surface area contributed by atoms with Gasteiger partial charge in [-0.05, 0) is 30.5 Å². The fourth-order valence-corrected chi connectivity index (χ4v) is 3.92. The highest BCUT2D eigenvalue weighted by molar-refractivity contribution is 5.85. The van der Waals surface area contributed by atoms with Crippen molar-refractivity contribution in [2.45, 2.75) is 32.7 Å². The van der Waals surface area contributed by atoms with Gasteiger partial charge in [0.15, 0.2) is 11.3 Å². The lowest BCUT2D eigenvalue weighted by atomic mass is 9.94. The molecule has 0 spiro atoms. The normalized spacial score (nSPS) is 15.7. The number of anilines is 2. The summed E-state index contributed by atoms with van der Waals surface area (Å²) in [5.41, 5.74) is 3.75. The Morgan fingerprint density at radius 1 is 0.966 bits per heavy atom. The molecule has 0 aliphatic carbocycles. The maximum Gasteiger partial charge on any atom is 0.200 e. The van der Waals surface area contributed by atoms with E-state index < -0.39 is 0 Å². The number of benzene rings is 2. The number of para-hydroxylation sites is 1. The first-order chi connectivity index (χ1) is 14.0. The molecule has 2 heterocycles. The van der Waals surface area contributed by atoms with E-state index in [1.807, 2.05) is 30.3 Å². The zero-order valence-electron chi connectivity index (χ0n) is 17.3. The number of ether oxygens (including phenoxy) is 1. The molecule has 1 aliphatic heterocycles. The van der Waals surface area contributed by atoms with Gasteiger partial charge < -0.3 is 19.4 Å². The smallest absolute Gasteiger partial charge is 0.200 e. The number of nitrogens with zero attached hydrogens (tertiary/aromatic N) is 1. The molecule has 3 aromatic rings. The van der Waals surface area contributed by atoms with Crippen molar-refractivity contribution in [2.24, 2.45) is 0 Å². The predicted molar refractivity (Wildman–Crippen MR) is 118 cm³/mol. The van der Waals surface area contributed by atoms with Crippen LogP contribution in [0.15, 0.2) is 57.7 Å². The lowest BCUT2D eigenvalue weighted by molar-refractivity contribution is 0.121. The minimum absolute atomic E-state index is 0.01000. The van der Waals surface area contributed by atoms with Gasteiger partial charge in [0.25, 0.3) is 0 Å². The molecule has 5 nitrogen and oxygen atoms in total. The summed E-state index contributed by atoms with van der Waals surface area (Å²) in [5, 5.41) is 4.21. The highest BCUT2D eigenvalue weighted by atomic mass is 16.5. The lowest BCUT2D eigenvalue weighted by Crippen LogP contribution is -2.36. The van der Waals surface area contributed by atoms with Crippen LogP contribution in [0.1, 0.15) is 43.9 Å². The molecule has 152 valence electrons. The molecule has 5 heteroatoms. The van der Waals surface area contributed by atoms with E-state index in [1.165, 1.54) is 0 Å². The van der Waals surface area contributed by atoms with Crippen molar-refractivity contribution in [3.8, 4) is 0 Å². The highest BCUT2D eigenvalue weighted by Gasteiger charge is 2.21. The Bertz CT molecular complexity index is 1040. The van der Waals surface area contributed by atoms with Gasteiger partial charge in [-0.1, -0.05) is 44.2 Å². The molecule has 2 aromatic carbocycles. The number of hydrogen-bond donors (Lipinski definition) is 1. The quantitative estimate of drug-likeness (QED) is 0.667. The summed E-state index contributed by atoms with van der Waals surface area (Å²) in [6.07, 6.45) is 0. The highest BCUT2D eigenvalue weighted by Crippen LogP contribution is 2.33. The van der Waals surface area contributed by atoms with E-state index in [1.54, 1.807) is 6.07 Å². The summed E-state index contributed by atoms with van der Waals surface area (Å²) in [6, 6.07) is 15.9. The molecule has 1 atom stereocenters. The fraction of sp³-hybridized carbons (Fsp3) is 0.375. The van der Waals surface area contributed by atoms with Crippen molar-refractivity contribution in [3.63, 3.8) is 0 Å². The topological polar surface area (TPSA) is 54.7 Å².